The van der Waals surface area contributed by atoms with Gasteiger partial charge in [0.05, 0.1) is 7.11 Å². The lowest BCUT2D eigenvalue weighted by atomic mass is 10.1. The monoisotopic (exact) mass is 249 g/mol. The molecule has 2 N–H and O–H groups in total. The Bertz CT molecular complexity index is 346. The predicted molar refractivity (Wildman–Crippen MR) is 76.2 cm³/mol. The number of rotatable bonds is 8. The number of methoxy groups -OCH3 is 1. The Morgan fingerprint density at radius 2 is 2.06 bits per heavy atom. The van der Waals surface area contributed by atoms with Crippen LogP contribution in [0.5, 0.6) is 5.75 Å². The summed E-state index contributed by atoms with van der Waals surface area (Å²) in [6, 6.07) is 8.24. The summed E-state index contributed by atoms with van der Waals surface area (Å²) in [5.74, 6) is 0.864. The number of benzene rings is 1. The first-order valence-electron chi connectivity index (χ1n) is 6.48. The molecule has 1 unspecified atom stereocenters. The molecule has 3 nitrogen and oxygen atoms in total. The molecule has 0 saturated carbocycles. The molecule has 18 heavy (non-hydrogen) atoms. The number of anilines is 1. The first-order valence-corrected chi connectivity index (χ1v) is 6.48. The van der Waals surface area contributed by atoms with Crippen molar-refractivity contribution < 1.29 is 9.84 Å². The summed E-state index contributed by atoms with van der Waals surface area (Å²) >= 11 is 0. The van der Waals surface area contributed by atoms with Gasteiger partial charge in [-0.2, -0.15) is 0 Å². The van der Waals surface area contributed by atoms with Gasteiger partial charge in [0.2, 0.25) is 0 Å². The molecule has 0 spiro atoms. The van der Waals surface area contributed by atoms with Gasteiger partial charge in [0, 0.05) is 18.3 Å². The van der Waals surface area contributed by atoms with E-state index in [2.05, 4.69) is 18.3 Å². The Kier molecular flexibility index (Phi) is 6.96. The van der Waals surface area contributed by atoms with E-state index >= 15 is 0 Å². The van der Waals surface area contributed by atoms with Crippen molar-refractivity contribution in [2.24, 2.45) is 0 Å². The van der Waals surface area contributed by atoms with Crippen molar-refractivity contribution in [1.82, 2.24) is 0 Å². The average molecular weight is 249 g/mol. The topological polar surface area (TPSA) is 41.5 Å². The molecule has 0 aliphatic carbocycles. The van der Waals surface area contributed by atoms with E-state index in [4.69, 9.17) is 9.84 Å². The molecule has 0 amide bonds. The van der Waals surface area contributed by atoms with E-state index in [9.17, 15) is 0 Å². The maximum atomic E-state index is 8.77. The molecule has 0 bridgehead atoms. The largest absolute Gasteiger partial charge is 0.497 e. The first-order chi connectivity index (χ1) is 8.80. The second-order valence-corrected chi connectivity index (χ2v) is 4.21. The summed E-state index contributed by atoms with van der Waals surface area (Å²) in [4.78, 5) is 0. The van der Waals surface area contributed by atoms with E-state index in [1.54, 1.807) is 7.11 Å². The third kappa shape index (κ3) is 5.23. The zero-order valence-electron chi connectivity index (χ0n) is 11.2. The van der Waals surface area contributed by atoms with Gasteiger partial charge in [-0.1, -0.05) is 25.5 Å². The number of ether oxygens (including phenoxy) is 1. The molecule has 0 heterocycles. The van der Waals surface area contributed by atoms with Crippen molar-refractivity contribution in [2.45, 2.75) is 32.2 Å². The van der Waals surface area contributed by atoms with E-state index < -0.39 is 0 Å². The normalized spacial score (nSPS) is 12.6. The van der Waals surface area contributed by atoms with Crippen LogP contribution in [0.4, 0.5) is 5.69 Å². The zero-order chi connectivity index (χ0) is 13.2. The Labute approximate surface area is 109 Å². The van der Waals surface area contributed by atoms with Gasteiger partial charge >= 0.3 is 0 Å². The number of aliphatic hydroxyl groups excluding tert-OH is 1. The van der Waals surface area contributed by atoms with Crippen LogP contribution in [0.15, 0.2) is 36.4 Å². The van der Waals surface area contributed by atoms with Crippen molar-refractivity contribution in [2.75, 3.05) is 19.0 Å². The van der Waals surface area contributed by atoms with Gasteiger partial charge in [0.15, 0.2) is 0 Å². The van der Waals surface area contributed by atoms with Crippen molar-refractivity contribution in [3.63, 3.8) is 0 Å². The highest BCUT2D eigenvalue weighted by Crippen LogP contribution is 2.17. The molecule has 3 heteroatoms. The summed E-state index contributed by atoms with van der Waals surface area (Å²) in [6.45, 7) is 2.38. The molecule has 0 fully saturated rings. The van der Waals surface area contributed by atoms with E-state index in [0.717, 1.165) is 24.3 Å². The van der Waals surface area contributed by atoms with Crippen LogP contribution in [-0.2, 0) is 0 Å². The second kappa shape index (κ2) is 8.59. The lowest BCUT2D eigenvalue weighted by Crippen LogP contribution is -2.16. The van der Waals surface area contributed by atoms with E-state index in [-0.39, 0.29) is 6.61 Å². The summed E-state index contributed by atoms with van der Waals surface area (Å²) < 4.78 is 5.13. The fourth-order valence-corrected chi connectivity index (χ4v) is 1.76. The fourth-order valence-electron chi connectivity index (χ4n) is 1.76. The Morgan fingerprint density at radius 3 is 2.61 bits per heavy atom. The summed E-state index contributed by atoms with van der Waals surface area (Å²) in [7, 11) is 1.67. The van der Waals surface area contributed by atoms with E-state index in [1.807, 2.05) is 30.3 Å². The number of aliphatic hydroxyl groups is 1. The molecule has 1 rings (SSSR count). The summed E-state index contributed by atoms with van der Waals surface area (Å²) in [5, 5.41) is 12.2. The lowest BCUT2D eigenvalue weighted by molar-refractivity contribution is 0.302. The third-order valence-corrected chi connectivity index (χ3v) is 2.71. The molecule has 1 atom stereocenters. The molecule has 100 valence electrons. The molecule has 0 aromatic heterocycles. The Morgan fingerprint density at radius 1 is 1.33 bits per heavy atom. The molecular weight excluding hydrogens is 226 g/mol. The van der Waals surface area contributed by atoms with Gasteiger partial charge < -0.3 is 15.2 Å². The van der Waals surface area contributed by atoms with Crippen molar-refractivity contribution in [1.29, 1.82) is 0 Å². The van der Waals surface area contributed by atoms with Crippen molar-refractivity contribution in [3.8, 4) is 5.75 Å². The molecule has 0 saturated heterocycles. The minimum Gasteiger partial charge on any atom is -0.497 e. The predicted octanol–water partition coefficient (Wildman–Crippen LogP) is 3.21. The maximum absolute atomic E-state index is 8.77. The highest BCUT2D eigenvalue weighted by Gasteiger charge is 2.03. The lowest BCUT2D eigenvalue weighted by Gasteiger charge is -2.16. The van der Waals surface area contributed by atoms with Crippen LogP contribution in [0.1, 0.15) is 26.2 Å². The fraction of sp³-hybridized carbons (Fsp3) is 0.467. The highest BCUT2D eigenvalue weighted by atomic mass is 16.5. The first kappa shape index (κ1) is 14.6. The minimum absolute atomic E-state index is 0.206. The quantitative estimate of drug-likeness (QED) is 0.695. The Hall–Kier alpha value is -1.48. The zero-order valence-corrected chi connectivity index (χ0v) is 11.2. The molecule has 1 aromatic carbocycles. The van der Waals surface area contributed by atoms with Crippen LogP contribution in [0, 0.1) is 0 Å². The van der Waals surface area contributed by atoms with Crippen molar-refractivity contribution >= 4 is 5.69 Å². The van der Waals surface area contributed by atoms with Gasteiger partial charge in [-0.05, 0) is 37.1 Å². The van der Waals surface area contributed by atoms with Crippen LogP contribution in [0.25, 0.3) is 0 Å². The van der Waals surface area contributed by atoms with Gasteiger partial charge in [0.25, 0.3) is 0 Å². The van der Waals surface area contributed by atoms with Gasteiger partial charge in [-0.15, -0.1) is 0 Å². The maximum Gasteiger partial charge on any atom is 0.119 e. The SMILES string of the molecule is CCCC(/C=C\CCO)Nc1ccc(OC)cc1. The van der Waals surface area contributed by atoms with Crippen LogP contribution < -0.4 is 10.1 Å². The minimum atomic E-state index is 0.206. The second-order valence-electron chi connectivity index (χ2n) is 4.21. The molecule has 0 aliphatic heterocycles. The smallest absolute Gasteiger partial charge is 0.119 e. The standard InChI is InChI=1S/C15H23NO2/c1-3-6-13(7-4-5-12-17)16-14-8-10-15(18-2)11-9-14/h4,7-11,13,16-17H,3,5-6,12H2,1-2H3/b7-4-. The number of hydrogen-bond acceptors (Lipinski definition) is 3. The summed E-state index contributed by atoms with van der Waals surface area (Å²) in [6.07, 6.45) is 7.07. The summed E-state index contributed by atoms with van der Waals surface area (Å²) in [5.41, 5.74) is 1.09. The third-order valence-electron chi connectivity index (χ3n) is 2.71. The molecule has 0 aliphatic rings. The van der Waals surface area contributed by atoms with Gasteiger partial charge in [0.1, 0.15) is 5.75 Å². The highest BCUT2D eigenvalue weighted by molar-refractivity contribution is 5.47. The number of nitrogens with one attached hydrogen (secondary N) is 1. The number of hydrogen-bond donors (Lipinski definition) is 2. The van der Waals surface area contributed by atoms with Gasteiger partial charge in [-0.3, -0.25) is 0 Å². The molecule has 0 radical (unpaired) electrons. The van der Waals surface area contributed by atoms with Crippen LogP contribution in [0.3, 0.4) is 0 Å². The van der Waals surface area contributed by atoms with E-state index in [0.29, 0.717) is 12.5 Å². The molecular formula is C15H23NO2. The van der Waals surface area contributed by atoms with Crippen LogP contribution >= 0.6 is 0 Å². The van der Waals surface area contributed by atoms with Crippen LogP contribution in [-0.4, -0.2) is 24.9 Å². The van der Waals surface area contributed by atoms with Gasteiger partial charge in [-0.25, -0.2) is 0 Å². The Balaban J connectivity index is 2.58. The molecule has 1 aromatic rings. The van der Waals surface area contributed by atoms with E-state index in [1.165, 1.54) is 0 Å². The van der Waals surface area contributed by atoms with Crippen molar-refractivity contribution in [3.05, 3.63) is 36.4 Å². The van der Waals surface area contributed by atoms with Crippen LogP contribution in [0.2, 0.25) is 0 Å². The average Bonchev–Trinajstić information content (AvgIpc) is 2.40.